The van der Waals surface area contributed by atoms with Gasteiger partial charge in [-0.25, -0.2) is 29.6 Å². The number of anilines is 3. The number of amides is 1. The zero-order valence-electron chi connectivity index (χ0n) is 19.1. The highest BCUT2D eigenvalue weighted by atomic mass is 16.2. The number of carbonyl (C=O) groups excluding carboxylic acids is 2. The van der Waals surface area contributed by atoms with Crippen molar-refractivity contribution in [1.82, 2.24) is 39.1 Å². The Morgan fingerprint density at radius 2 is 1.74 bits per heavy atom. The second kappa shape index (κ2) is 8.74. The van der Waals surface area contributed by atoms with Gasteiger partial charge in [-0.2, -0.15) is 0 Å². The maximum Gasteiger partial charge on any atom is 0.243 e. The van der Waals surface area contributed by atoms with Crippen molar-refractivity contribution in [3.63, 3.8) is 0 Å². The van der Waals surface area contributed by atoms with E-state index in [1.807, 2.05) is 22.7 Å². The van der Waals surface area contributed by atoms with E-state index in [9.17, 15) is 9.59 Å². The molecule has 0 saturated heterocycles. The standard InChI is InChI=1S/C23H20N10O2/c1-13-26-18(8-20(27-13)28-14(2)34)22-23(29-19-6-7-33(31-19)15(3)35)30-21-5-4-16(11-32(21)22)17-9-24-12-25-10-17/h4-12H,1-3H3,(H,29,31)(H,26,27,28,34). The molecule has 12 nitrogen and oxygen atoms in total. The molecule has 5 rings (SSSR count). The van der Waals surface area contributed by atoms with Gasteiger partial charge in [0, 0.05) is 61.9 Å². The maximum atomic E-state index is 11.7. The molecule has 0 aliphatic heterocycles. The molecule has 35 heavy (non-hydrogen) atoms. The third-order valence-electron chi connectivity index (χ3n) is 5.06. The van der Waals surface area contributed by atoms with Crippen LogP contribution in [0.5, 0.6) is 0 Å². The van der Waals surface area contributed by atoms with E-state index in [4.69, 9.17) is 4.98 Å². The molecule has 0 fully saturated rings. The largest absolute Gasteiger partial charge is 0.322 e. The molecule has 0 bridgehead atoms. The molecule has 5 aromatic rings. The number of aromatic nitrogens is 8. The molecule has 12 heteroatoms. The van der Waals surface area contributed by atoms with Crippen LogP contribution < -0.4 is 10.6 Å². The Kier molecular flexibility index (Phi) is 5.45. The molecule has 1 amide bonds. The SMILES string of the molecule is CC(=O)Nc1cc(-c2c(Nc3ccn(C(C)=O)n3)nc3ccc(-c4cncnc4)cn23)nc(C)n1. The van der Waals surface area contributed by atoms with Gasteiger partial charge in [0.15, 0.2) is 11.6 Å². The van der Waals surface area contributed by atoms with Crippen LogP contribution in [0.4, 0.5) is 17.5 Å². The summed E-state index contributed by atoms with van der Waals surface area (Å²) in [5, 5.41) is 10.1. The maximum absolute atomic E-state index is 11.7. The molecule has 0 radical (unpaired) electrons. The first-order valence-electron chi connectivity index (χ1n) is 10.6. The second-order valence-electron chi connectivity index (χ2n) is 7.74. The summed E-state index contributed by atoms with van der Waals surface area (Å²) in [5.41, 5.74) is 3.50. The number of aryl methyl sites for hydroxylation is 1. The van der Waals surface area contributed by atoms with Gasteiger partial charge in [0.05, 0.1) is 5.69 Å². The van der Waals surface area contributed by atoms with Crippen LogP contribution in [0.15, 0.2) is 55.4 Å². The number of pyridine rings is 1. The van der Waals surface area contributed by atoms with Crippen LogP contribution in [-0.2, 0) is 4.79 Å². The Balaban J connectivity index is 1.70. The minimum Gasteiger partial charge on any atom is -0.322 e. The lowest BCUT2D eigenvalue weighted by atomic mass is 10.1. The summed E-state index contributed by atoms with van der Waals surface area (Å²) in [7, 11) is 0. The lowest BCUT2D eigenvalue weighted by molar-refractivity contribution is -0.114. The van der Waals surface area contributed by atoms with Crippen molar-refractivity contribution in [1.29, 1.82) is 0 Å². The number of hydrogen-bond donors (Lipinski definition) is 2. The van der Waals surface area contributed by atoms with Crippen LogP contribution in [0.2, 0.25) is 0 Å². The molecule has 0 unspecified atom stereocenters. The molecule has 0 aromatic carbocycles. The Bertz CT molecular complexity index is 1570. The number of hydrogen-bond acceptors (Lipinski definition) is 9. The van der Waals surface area contributed by atoms with Crippen molar-refractivity contribution in [2.45, 2.75) is 20.8 Å². The van der Waals surface area contributed by atoms with Gasteiger partial charge in [-0.15, -0.1) is 5.10 Å². The van der Waals surface area contributed by atoms with E-state index in [1.54, 1.807) is 37.6 Å². The summed E-state index contributed by atoms with van der Waals surface area (Å²) < 4.78 is 3.11. The minimum absolute atomic E-state index is 0.214. The van der Waals surface area contributed by atoms with Gasteiger partial charge in [0.1, 0.15) is 29.3 Å². The lowest BCUT2D eigenvalue weighted by Gasteiger charge is -2.10. The van der Waals surface area contributed by atoms with Crippen LogP contribution in [0.25, 0.3) is 28.2 Å². The fourth-order valence-corrected chi connectivity index (χ4v) is 3.62. The molecule has 0 atom stereocenters. The monoisotopic (exact) mass is 468 g/mol. The van der Waals surface area contributed by atoms with Crippen LogP contribution in [0.3, 0.4) is 0 Å². The number of nitrogens with one attached hydrogen (secondary N) is 2. The Hall–Kier alpha value is -5.00. The first kappa shape index (κ1) is 21.8. The predicted octanol–water partition coefficient (Wildman–Crippen LogP) is 3.12. The van der Waals surface area contributed by atoms with E-state index in [2.05, 4.69) is 35.7 Å². The minimum atomic E-state index is -0.244. The Labute approximate surface area is 199 Å². The molecule has 174 valence electrons. The van der Waals surface area contributed by atoms with Crippen molar-refractivity contribution in [2.75, 3.05) is 10.6 Å². The molecule has 2 N–H and O–H groups in total. The second-order valence-corrected chi connectivity index (χ2v) is 7.74. The van der Waals surface area contributed by atoms with Crippen LogP contribution >= 0.6 is 0 Å². The van der Waals surface area contributed by atoms with E-state index >= 15 is 0 Å². The van der Waals surface area contributed by atoms with Crippen molar-refractivity contribution in [2.24, 2.45) is 0 Å². The zero-order chi connectivity index (χ0) is 24.5. The molecule has 0 aliphatic rings. The van der Waals surface area contributed by atoms with E-state index < -0.39 is 0 Å². The Morgan fingerprint density at radius 3 is 2.46 bits per heavy atom. The molecule has 0 saturated carbocycles. The van der Waals surface area contributed by atoms with Gasteiger partial charge in [-0.3, -0.25) is 14.0 Å². The van der Waals surface area contributed by atoms with Crippen LogP contribution in [0.1, 0.15) is 24.5 Å². The highest BCUT2D eigenvalue weighted by Crippen LogP contribution is 2.32. The van der Waals surface area contributed by atoms with Crippen LogP contribution in [0, 0.1) is 6.92 Å². The summed E-state index contributed by atoms with van der Waals surface area (Å²) in [6, 6.07) is 7.15. The fourth-order valence-electron chi connectivity index (χ4n) is 3.62. The van der Waals surface area contributed by atoms with Gasteiger partial charge < -0.3 is 10.6 Å². The average Bonchev–Trinajstić information content (AvgIpc) is 3.43. The number of fused-ring (bicyclic) bond motifs is 1. The van der Waals surface area contributed by atoms with Crippen molar-refractivity contribution in [3.8, 4) is 22.5 Å². The van der Waals surface area contributed by atoms with Gasteiger partial charge in [0.25, 0.3) is 0 Å². The van der Waals surface area contributed by atoms with Gasteiger partial charge in [-0.1, -0.05) is 0 Å². The smallest absolute Gasteiger partial charge is 0.243 e. The molecular weight excluding hydrogens is 448 g/mol. The van der Waals surface area contributed by atoms with E-state index in [0.717, 1.165) is 11.1 Å². The zero-order valence-corrected chi connectivity index (χ0v) is 19.1. The summed E-state index contributed by atoms with van der Waals surface area (Å²) in [4.78, 5) is 45.2. The quantitative estimate of drug-likeness (QED) is 0.397. The number of nitrogens with zero attached hydrogens (tertiary/aromatic N) is 8. The topological polar surface area (TPSA) is 145 Å². The molecule has 5 aromatic heterocycles. The predicted molar refractivity (Wildman–Crippen MR) is 128 cm³/mol. The van der Waals surface area contributed by atoms with E-state index in [1.165, 1.54) is 24.9 Å². The summed E-state index contributed by atoms with van der Waals surface area (Å²) in [5.74, 6) is 1.29. The normalized spacial score (nSPS) is 10.9. The van der Waals surface area contributed by atoms with Gasteiger partial charge >= 0.3 is 0 Å². The van der Waals surface area contributed by atoms with Crippen LogP contribution in [-0.4, -0.2) is 50.9 Å². The van der Waals surface area contributed by atoms with Gasteiger partial charge in [-0.05, 0) is 19.1 Å². The molecule has 5 heterocycles. The first-order valence-corrected chi connectivity index (χ1v) is 10.6. The third kappa shape index (κ3) is 4.44. The molecular formula is C23H20N10O2. The number of carbonyl (C=O) groups is 2. The van der Waals surface area contributed by atoms with Crippen molar-refractivity contribution >= 4 is 34.9 Å². The highest BCUT2D eigenvalue weighted by Gasteiger charge is 2.19. The first-order chi connectivity index (χ1) is 16.9. The lowest BCUT2D eigenvalue weighted by Crippen LogP contribution is -2.09. The van der Waals surface area contributed by atoms with Crippen molar-refractivity contribution in [3.05, 3.63) is 61.2 Å². The highest BCUT2D eigenvalue weighted by molar-refractivity contribution is 5.89. The summed E-state index contributed by atoms with van der Waals surface area (Å²) in [6.45, 7) is 4.58. The van der Waals surface area contributed by atoms with E-state index in [-0.39, 0.29) is 11.8 Å². The number of rotatable bonds is 5. The molecule has 0 spiro atoms. The molecule has 0 aliphatic carbocycles. The number of imidazole rings is 1. The third-order valence-corrected chi connectivity index (χ3v) is 5.06. The van der Waals surface area contributed by atoms with Crippen molar-refractivity contribution < 1.29 is 9.59 Å². The summed E-state index contributed by atoms with van der Waals surface area (Å²) in [6.07, 6.45) is 8.40. The average molecular weight is 468 g/mol. The van der Waals surface area contributed by atoms with E-state index in [0.29, 0.717) is 40.3 Å². The van der Waals surface area contributed by atoms with Gasteiger partial charge in [0.2, 0.25) is 11.8 Å². The Morgan fingerprint density at radius 1 is 0.943 bits per heavy atom. The fraction of sp³-hybridized carbons (Fsp3) is 0.130. The summed E-state index contributed by atoms with van der Waals surface area (Å²) >= 11 is 0.